The van der Waals surface area contributed by atoms with Crippen molar-refractivity contribution in [3.63, 3.8) is 0 Å². The van der Waals surface area contributed by atoms with Crippen molar-refractivity contribution in [3.8, 4) is 5.75 Å². The molecule has 1 aliphatic heterocycles. The van der Waals surface area contributed by atoms with Gasteiger partial charge in [-0.3, -0.25) is 9.59 Å². The van der Waals surface area contributed by atoms with Crippen molar-refractivity contribution < 1.29 is 24.2 Å². The van der Waals surface area contributed by atoms with Crippen LogP contribution in [0, 0.1) is 11.8 Å². The van der Waals surface area contributed by atoms with Gasteiger partial charge in [-0.25, -0.2) is 0 Å². The number of rotatable bonds is 8. The third-order valence-electron chi connectivity index (χ3n) is 8.10. The summed E-state index contributed by atoms with van der Waals surface area (Å²) in [4.78, 5) is 31.2. The van der Waals surface area contributed by atoms with Gasteiger partial charge in [0, 0.05) is 43.4 Å². The monoisotopic (exact) mass is 565 g/mol. The standard InChI is InChI=1S/C33H47N3O5/c1-23-19-36(24(2)22-37)33(39)29-18-28(34-32(38)27-11-6-5-7-12-27)15-16-30(29)41-25(3)10-8-9-17-40-31(23)21-35(4)20-26-13-14-26/h5-7,11-12,15-16,18,23-26,31,37H,8-10,13-14,17,19-22H2,1-4H3,(H,34,38)/t23-,24+,25-,31+/m1/s1. The minimum absolute atomic E-state index is 0.0347. The van der Waals surface area contributed by atoms with Crippen molar-refractivity contribution in [2.75, 3.05) is 45.2 Å². The quantitative estimate of drug-likeness (QED) is 0.464. The molecule has 2 amide bonds. The van der Waals surface area contributed by atoms with Crippen LogP contribution in [0.25, 0.3) is 0 Å². The molecule has 8 heteroatoms. The lowest BCUT2D eigenvalue weighted by Gasteiger charge is -2.36. The third kappa shape index (κ3) is 9.02. The smallest absolute Gasteiger partial charge is 0.258 e. The van der Waals surface area contributed by atoms with E-state index in [1.165, 1.54) is 12.8 Å². The van der Waals surface area contributed by atoms with Crippen LogP contribution in [0.5, 0.6) is 5.75 Å². The van der Waals surface area contributed by atoms with E-state index in [9.17, 15) is 14.7 Å². The van der Waals surface area contributed by atoms with Crippen LogP contribution in [0.1, 0.15) is 73.6 Å². The largest absolute Gasteiger partial charge is 0.490 e. The summed E-state index contributed by atoms with van der Waals surface area (Å²) in [5.74, 6) is 0.825. The summed E-state index contributed by atoms with van der Waals surface area (Å²) in [5.41, 5.74) is 1.41. The number of nitrogens with zero attached hydrogens (tertiary/aromatic N) is 2. The number of hydrogen-bond donors (Lipinski definition) is 2. The van der Waals surface area contributed by atoms with Gasteiger partial charge in [0.25, 0.3) is 11.8 Å². The lowest BCUT2D eigenvalue weighted by molar-refractivity contribution is -0.0172. The summed E-state index contributed by atoms with van der Waals surface area (Å²) in [7, 11) is 2.15. The van der Waals surface area contributed by atoms with Gasteiger partial charge in [0.2, 0.25) is 0 Å². The van der Waals surface area contributed by atoms with Gasteiger partial charge in [0.05, 0.1) is 30.4 Å². The molecule has 2 N–H and O–H groups in total. The van der Waals surface area contributed by atoms with E-state index in [2.05, 4.69) is 24.2 Å². The number of likely N-dealkylation sites (N-methyl/N-ethyl adjacent to an activating group) is 1. The maximum Gasteiger partial charge on any atom is 0.258 e. The number of nitrogens with one attached hydrogen (secondary N) is 1. The molecule has 0 radical (unpaired) electrons. The Morgan fingerprint density at radius 3 is 2.56 bits per heavy atom. The number of hydrogen-bond acceptors (Lipinski definition) is 6. The van der Waals surface area contributed by atoms with E-state index in [-0.39, 0.29) is 36.5 Å². The molecule has 2 aliphatic rings. The fraction of sp³-hybridized carbons (Fsp3) is 0.576. The number of amides is 2. The summed E-state index contributed by atoms with van der Waals surface area (Å²) in [6, 6.07) is 13.8. The topological polar surface area (TPSA) is 91.3 Å². The van der Waals surface area contributed by atoms with Gasteiger partial charge < -0.3 is 29.7 Å². The van der Waals surface area contributed by atoms with E-state index in [1.54, 1.807) is 35.2 Å². The van der Waals surface area contributed by atoms with E-state index < -0.39 is 6.04 Å². The van der Waals surface area contributed by atoms with Gasteiger partial charge >= 0.3 is 0 Å². The van der Waals surface area contributed by atoms with Crippen molar-refractivity contribution in [3.05, 3.63) is 59.7 Å². The number of carbonyl (C=O) groups is 2. The Bertz CT molecular complexity index is 1140. The molecular weight excluding hydrogens is 518 g/mol. The van der Waals surface area contributed by atoms with Crippen LogP contribution < -0.4 is 10.1 Å². The molecule has 0 bridgehead atoms. The van der Waals surface area contributed by atoms with Gasteiger partial charge in [0.1, 0.15) is 5.75 Å². The number of ether oxygens (including phenoxy) is 2. The Morgan fingerprint density at radius 2 is 1.85 bits per heavy atom. The van der Waals surface area contributed by atoms with Gasteiger partial charge in [-0.05, 0) is 89.2 Å². The molecule has 0 spiro atoms. The molecule has 41 heavy (non-hydrogen) atoms. The number of aliphatic hydroxyl groups is 1. The second kappa shape index (κ2) is 14.8. The molecule has 8 nitrogen and oxygen atoms in total. The van der Waals surface area contributed by atoms with Crippen molar-refractivity contribution in [1.82, 2.24) is 9.80 Å². The van der Waals surface area contributed by atoms with Crippen molar-refractivity contribution >= 4 is 17.5 Å². The van der Waals surface area contributed by atoms with Crippen LogP contribution in [-0.2, 0) is 4.74 Å². The molecule has 224 valence electrons. The Morgan fingerprint density at radius 1 is 1.10 bits per heavy atom. The molecule has 0 saturated heterocycles. The van der Waals surface area contributed by atoms with E-state index in [4.69, 9.17) is 9.47 Å². The molecule has 0 aromatic heterocycles. The van der Waals surface area contributed by atoms with Crippen LogP contribution in [0.3, 0.4) is 0 Å². The lowest BCUT2D eigenvalue weighted by atomic mass is 10.0. The zero-order valence-electron chi connectivity index (χ0n) is 25.1. The third-order valence-corrected chi connectivity index (χ3v) is 8.10. The number of benzene rings is 2. The van der Waals surface area contributed by atoms with E-state index in [0.29, 0.717) is 35.7 Å². The lowest BCUT2D eigenvalue weighted by Crippen LogP contribution is -2.47. The Labute approximate surface area is 245 Å². The summed E-state index contributed by atoms with van der Waals surface area (Å²) in [6.45, 7) is 8.80. The Balaban J connectivity index is 1.62. The van der Waals surface area contributed by atoms with E-state index in [1.807, 2.05) is 32.0 Å². The van der Waals surface area contributed by atoms with Gasteiger partial charge in [-0.1, -0.05) is 25.1 Å². The molecule has 1 fully saturated rings. The summed E-state index contributed by atoms with van der Waals surface area (Å²) >= 11 is 0. The Hall–Kier alpha value is -2.94. The Kier molecular flexibility index (Phi) is 11.2. The van der Waals surface area contributed by atoms with Crippen LogP contribution in [-0.4, -0.2) is 84.9 Å². The molecule has 2 aromatic rings. The first-order chi connectivity index (χ1) is 19.7. The van der Waals surface area contributed by atoms with Gasteiger partial charge in [-0.15, -0.1) is 0 Å². The predicted molar refractivity (Wildman–Crippen MR) is 161 cm³/mol. The first-order valence-electron chi connectivity index (χ1n) is 15.1. The first kappa shape index (κ1) is 31.0. The molecule has 1 saturated carbocycles. The van der Waals surface area contributed by atoms with E-state index in [0.717, 1.165) is 38.3 Å². The molecule has 2 aromatic carbocycles. The second-order valence-electron chi connectivity index (χ2n) is 12.0. The molecular formula is C33H47N3O5. The highest BCUT2D eigenvalue weighted by molar-refractivity contribution is 6.05. The highest BCUT2D eigenvalue weighted by Crippen LogP contribution is 2.31. The SMILES string of the molecule is C[C@@H]1CCCCO[C@@H](CN(C)CC2CC2)[C@H](C)CN([C@@H](C)CO)C(=O)c2cc(NC(=O)c3ccccc3)ccc2O1. The predicted octanol–water partition coefficient (Wildman–Crippen LogP) is 5.08. The maximum atomic E-state index is 14.2. The fourth-order valence-corrected chi connectivity index (χ4v) is 5.38. The number of anilines is 1. The second-order valence-corrected chi connectivity index (χ2v) is 12.0. The zero-order valence-corrected chi connectivity index (χ0v) is 25.1. The molecule has 4 rings (SSSR count). The van der Waals surface area contributed by atoms with Gasteiger partial charge in [-0.2, -0.15) is 0 Å². The summed E-state index contributed by atoms with van der Waals surface area (Å²) in [6.07, 6.45) is 5.20. The van der Waals surface area contributed by atoms with Crippen molar-refractivity contribution in [2.45, 2.75) is 71.1 Å². The van der Waals surface area contributed by atoms with Crippen LogP contribution in [0.15, 0.2) is 48.5 Å². The van der Waals surface area contributed by atoms with Gasteiger partial charge in [0.15, 0.2) is 0 Å². The minimum Gasteiger partial charge on any atom is -0.490 e. The van der Waals surface area contributed by atoms with Crippen LogP contribution in [0.4, 0.5) is 5.69 Å². The normalized spacial score (nSPS) is 23.3. The molecule has 4 atom stereocenters. The van der Waals surface area contributed by atoms with Crippen molar-refractivity contribution in [1.29, 1.82) is 0 Å². The molecule has 0 unspecified atom stereocenters. The number of aliphatic hydroxyl groups excluding tert-OH is 1. The highest BCUT2D eigenvalue weighted by Gasteiger charge is 2.31. The fourth-order valence-electron chi connectivity index (χ4n) is 5.38. The number of carbonyl (C=O) groups excluding carboxylic acids is 2. The summed E-state index contributed by atoms with van der Waals surface area (Å²) < 4.78 is 12.7. The summed E-state index contributed by atoms with van der Waals surface area (Å²) in [5, 5.41) is 13.1. The highest BCUT2D eigenvalue weighted by atomic mass is 16.5. The average molecular weight is 566 g/mol. The maximum absolute atomic E-state index is 14.2. The first-order valence-corrected chi connectivity index (χ1v) is 15.1. The van der Waals surface area contributed by atoms with E-state index >= 15 is 0 Å². The molecule has 1 aliphatic carbocycles. The minimum atomic E-state index is -0.407. The average Bonchev–Trinajstić information content (AvgIpc) is 3.78. The van der Waals surface area contributed by atoms with Crippen LogP contribution >= 0.6 is 0 Å². The number of fused-ring (bicyclic) bond motifs is 1. The van der Waals surface area contributed by atoms with Crippen LogP contribution in [0.2, 0.25) is 0 Å². The van der Waals surface area contributed by atoms with Crippen molar-refractivity contribution in [2.24, 2.45) is 11.8 Å². The molecule has 1 heterocycles. The zero-order chi connectivity index (χ0) is 29.4.